The van der Waals surface area contributed by atoms with Gasteiger partial charge in [-0.25, -0.2) is 0 Å². The first-order valence-electron chi connectivity index (χ1n) is 6.31. The molecule has 1 amide bonds. The van der Waals surface area contributed by atoms with E-state index in [1.54, 1.807) is 17.0 Å². The van der Waals surface area contributed by atoms with Gasteiger partial charge < -0.3 is 10.2 Å². The van der Waals surface area contributed by atoms with Crippen LogP contribution in [0.2, 0.25) is 0 Å². The number of aromatic nitrogens is 5. The monoisotopic (exact) mass is 263 g/mol. The number of tetrazole rings is 1. The fraction of sp³-hybridized carbons (Fsp3) is 0.545. The predicted molar refractivity (Wildman–Crippen MR) is 69.6 cm³/mol. The maximum atomic E-state index is 11.8. The third kappa shape index (κ3) is 3.15. The number of nitrogens with zero attached hydrogens (tertiary/aromatic N) is 6. The van der Waals surface area contributed by atoms with E-state index < -0.39 is 0 Å². The normalized spacial score (nSPS) is 10.6. The molecule has 0 aliphatic rings. The Hall–Kier alpha value is -2.25. The van der Waals surface area contributed by atoms with Gasteiger partial charge in [0.25, 0.3) is 0 Å². The number of amides is 1. The second kappa shape index (κ2) is 6.07. The first-order valence-corrected chi connectivity index (χ1v) is 6.31. The highest BCUT2D eigenvalue weighted by molar-refractivity contribution is 5.76. The molecule has 0 unspecified atom stereocenters. The highest BCUT2D eigenvalue weighted by atomic mass is 16.2. The molecule has 0 aliphatic heterocycles. The van der Waals surface area contributed by atoms with Crippen LogP contribution in [0.4, 0.5) is 5.82 Å². The van der Waals surface area contributed by atoms with Gasteiger partial charge in [-0.2, -0.15) is 0 Å². The van der Waals surface area contributed by atoms with Crippen molar-refractivity contribution in [3.8, 4) is 0 Å². The van der Waals surface area contributed by atoms with Gasteiger partial charge in [-0.05, 0) is 36.4 Å². The molecule has 0 fully saturated rings. The smallest absolute Gasteiger partial charge is 0.224 e. The van der Waals surface area contributed by atoms with Crippen molar-refractivity contribution in [2.75, 3.05) is 25.0 Å². The summed E-state index contributed by atoms with van der Waals surface area (Å²) in [5.74, 6) is 0.785. The van der Waals surface area contributed by atoms with E-state index in [9.17, 15) is 4.79 Å². The molecule has 0 atom stereocenters. The van der Waals surface area contributed by atoms with Gasteiger partial charge in [-0.1, -0.05) is 0 Å². The Bertz CT molecular complexity index is 549. The second-order valence-corrected chi connectivity index (χ2v) is 3.99. The minimum atomic E-state index is 0.140. The van der Waals surface area contributed by atoms with Crippen LogP contribution in [0.3, 0.4) is 0 Å². The number of rotatable bonds is 6. The zero-order valence-corrected chi connectivity index (χ0v) is 11.1. The van der Waals surface area contributed by atoms with E-state index in [0.717, 1.165) is 13.1 Å². The van der Waals surface area contributed by atoms with Gasteiger partial charge in [0.15, 0.2) is 5.65 Å². The van der Waals surface area contributed by atoms with E-state index in [4.69, 9.17) is 0 Å². The summed E-state index contributed by atoms with van der Waals surface area (Å²) in [5, 5.41) is 18.2. The lowest BCUT2D eigenvalue weighted by Crippen LogP contribution is -2.31. The van der Waals surface area contributed by atoms with Crippen molar-refractivity contribution in [2.24, 2.45) is 0 Å². The molecule has 2 aromatic rings. The molecule has 0 spiro atoms. The number of fused-ring (bicyclic) bond motifs is 1. The lowest BCUT2D eigenvalue weighted by molar-refractivity contribution is -0.130. The summed E-state index contributed by atoms with van der Waals surface area (Å²) in [5.41, 5.74) is 0.588. The summed E-state index contributed by atoms with van der Waals surface area (Å²) < 4.78 is 1.34. The summed E-state index contributed by atoms with van der Waals surface area (Å²) in [4.78, 5) is 13.6. The number of carbonyl (C=O) groups is 1. The van der Waals surface area contributed by atoms with Crippen molar-refractivity contribution in [2.45, 2.75) is 20.3 Å². The second-order valence-electron chi connectivity index (χ2n) is 3.99. The Morgan fingerprint density at radius 3 is 2.89 bits per heavy atom. The Morgan fingerprint density at radius 2 is 2.16 bits per heavy atom. The van der Waals surface area contributed by atoms with E-state index in [-0.39, 0.29) is 5.91 Å². The molecule has 0 saturated carbocycles. The molecule has 0 aromatic carbocycles. The zero-order chi connectivity index (χ0) is 13.7. The summed E-state index contributed by atoms with van der Waals surface area (Å²) in [6.45, 7) is 5.97. The molecule has 8 heteroatoms. The van der Waals surface area contributed by atoms with Gasteiger partial charge in [0.2, 0.25) is 5.91 Å². The van der Waals surface area contributed by atoms with Crippen molar-refractivity contribution in [3.63, 3.8) is 0 Å². The standard InChI is InChI=1S/C11H17N7O/c1-3-17(4-2)11(19)7-8-12-9-5-6-10-13-15-16-18(10)14-9/h5-6H,3-4,7-8H2,1-2H3,(H,12,14). The molecule has 102 valence electrons. The Balaban J connectivity index is 1.86. The SMILES string of the molecule is CCN(CC)C(=O)CCNc1ccc2nnnn2n1. The lowest BCUT2D eigenvalue weighted by atomic mass is 10.3. The van der Waals surface area contributed by atoms with Crippen LogP contribution < -0.4 is 5.32 Å². The Kier molecular flexibility index (Phi) is 4.22. The minimum absolute atomic E-state index is 0.140. The highest BCUT2D eigenvalue weighted by Gasteiger charge is 2.08. The molecular formula is C11H17N7O. The molecule has 19 heavy (non-hydrogen) atoms. The van der Waals surface area contributed by atoms with Gasteiger partial charge >= 0.3 is 0 Å². The number of carbonyl (C=O) groups excluding carboxylic acids is 1. The van der Waals surface area contributed by atoms with Crippen LogP contribution in [0, 0.1) is 0 Å². The number of hydrogen-bond donors (Lipinski definition) is 1. The third-order valence-corrected chi connectivity index (χ3v) is 2.83. The van der Waals surface area contributed by atoms with Crippen molar-refractivity contribution in [1.29, 1.82) is 0 Å². The van der Waals surface area contributed by atoms with Crippen LogP contribution in [0.5, 0.6) is 0 Å². The van der Waals surface area contributed by atoms with Crippen LogP contribution in [0.25, 0.3) is 5.65 Å². The van der Waals surface area contributed by atoms with Gasteiger partial charge in [-0.15, -0.1) is 14.8 Å². The first-order chi connectivity index (χ1) is 9.24. The molecule has 8 nitrogen and oxygen atoms in total. The minimum Gasteiger partial charge on any atom is -0.368 e. The summed E-state index contributed by atoms with van der Waals surface area (Å²) in [7, 11) is 0. The van der Waals surface area contributed by atoms with Gasteiger partial charge in [0.05, 0.1) is 0 Å². The first kappa shape index (κ1) is 13.2. The topological polar surface area (TPSA) is 88.3 Å². The molecule has 0 bridgehead atoms. The maximum absolute atomic E-state index is 11.8. The maximum Gasteiger partial charge on any atom is 0.224 e. The third-order valence-electron chi connectivity index (χ3n) is 2.83. The van der Waals surface area contributed by atoms with Gasteiger partial charge in [-0.3, -0.25) is 4.79 Å². The molecule has 2 aromatic heterocycles. The molecule has 2 heterocycles. The van der Waals surface area contributed by atoms with E-state index in [1.165, 1.54) is 4.63 Å². The summed E-state index contributed by atoms with van der Waals surface area (Å²) in [6, 6.07) is 3.55. The van der Waals surface area contributed by atoms with E-state index >= 15 is 0 Å². The fourth-order valence-corrected chi connectivity index (χ4v) is 1.78. The van der Waals surface area contributed by atoms with Crippen LogP contribution in [-0.4, -0.2) is 55.7 Å². The summed E-state index contributed by atoms with van der Waals surface area (Å²) in [6.07, 6.45) is 0.441. The van der Waals surface area contributed by atoms with Crippen LogP contribution >= 0.6 is 0 Å². The largest absolute Gasteiger partial charge is 0.368 e. The average molecular weight is 263 g/mol. The van der Waals surface area contributed by atoms with Crippen LogP contribution in [0.1, 0.15) is 20.3 Å². The number of anilines is 1. The van der Waals surface area contributed by atoms with Crippen molar-refractivity contribution >= 4 is 17.4 Å². The van der Waals surface area contributed by atoms with Crippen LogP contribution in [0.15, 0.2) is 12.1 Å². The zero-order valence-electron chi connectivity index (χ0n) is 11.1. The molecule has 1 N–H and O–H groups in total. The number of nitrogens with one attached hydrogen (secondary N) is 1. The van der Waals surface area contributed by atoms with Crippen molar-refractivity contribution in [3.05, 3.63) is 12.1 Å². The van der Waals surface area contributed by atoms with Crippen molar-refractivity contribution in [1.82, 2.24) is 30.2 Å². The molecule has 2 rings (SSSR count). The molecular weight excluding hydrogens is 246 g/mol. The fourth-order valence-electron chi connectivity index (χ4n) is 1.78. The Labute approximate surface area is 110 Å². The van der Waals surface area contributed by atoms with E-state index in [0.29, 0.717) is 24.4 Å². The molecule has 0 radical (unpaired) electrons. The summed E-state index contributed by atoms with van der Waals surface area (Å²) >= 11 is 0. The van der Waals surface area contributed by atoms with Gasteiger partial charge in [0, 0.05) is 26.1 Å². The van der Waals surface area contributed by atoms with Crippen LogP contribution in [-0.2, 0) is 4.79 Å². The van der Waals surface area contributed by atoms with Gasteiger partial charge in [0.1, 0.15) is 5.82 Å². The lowest BCUT2D eigenvalue weighted by Gasteiger charge is -2.18. The average Bonchev–Trinajstić information content (AvgIpc) is 2.87. The highest BCUT2D eigenvalue weighted by Crippen LogP contribution is 2.03. The quantitative estimate of drug-likeness (QED) is 0.800. The number of hydrogen-bond acceptors (Lipinski definition) is 6. The molecule has 0 aliphatic carbocycles. The molecule has 0 saturated heterocycles. The van der Waals surface area contributed by atoms with E-state index in [1.807, 2.05) is 13.8 Å². The Morgan fingerprint density at radius 1 is 1.37 bits per heavy atom. The van der Waals surface area contributed by atoms with E-state index in [2.05, 4.69) is 25.9 Å². The van der Waals surface area contributed by atoms with Crippen molar-refractivity contribution < 1.29 is 4.79 Å². The predicted octanol–water partition coefficient (Wildman–Crippen LogP) is 0.190.